The van der Waals surface area contributed by atoms with Crippen molar-refractivity contribution < 1.29 is 14.3 Å². The van der Waals surface area contributed by atoms with E-state index in [4.69, 9.17) is 9.47 Å². The van der Waals surface area contributed by atoms with Crippen LogP contribution in [0, 0.1) is 0 Å². The molecule has 6 heteroatoms. The number of pyridine rings is 1. The fourth-order valence-corrected chi connectivity index (χ4v) is 4.39. The van der Waals surface area contributed by atoms with Gasteiger partial charge >= 0.3 is 5.97 Å². The van der Waals surface area contributed by atoms with Crippen molar-refractivity contribution in [2.24, 2.45) is 0 Å². The monoisotopic (exact) mass is 445 g/mol. The number of aromatic nitrogens is 1. The number of hydrogen-bond acceptors (Lipinski definition) is 6. The molecule has 0 unspecified atom stereocenters. The lowest BCUT2D eigenvalue weighted by Crippen LogP contribution is -2.12. The summed E-state index contributed by atoms with van der Waals surface area (Å²) in [6.45, 7) is 0. The van der Waals surface area contributed by atoms with Gasteiger partial charge < -0.3 is 19.7 Å². The first-order chi connectivity index (χ1) is 16.1. The summed E-state index contributed by atoms with van der Waals surface area (Å²) < 4.78 is 10.1. The van der Waals surface area contributed by atoms with Crippen LogP contribution in [0.5, 0.6) is 5.75 Å². The predicted octanol–water partition coefficient (Wildman–Crippen LogP) is 6.44. The Morgan fingerprint density at radius 1 is 1.00 bits per heavy atom. The number of rotatable bonds is 7. The largest absolute Gasteiger partial charge is 0.497 e. The maximum Gasteiger partial charge on any atom is 0.340 e. The number of nitrogens with zero attached hydrogens (tertiary/aromatic N) is 2. The minimum atomic E-state index is -0.433. The lowest BCUT2D eigenvalue weighted by Gasteiger charge is -2.23. The molecule has 0 atom stereocenters. The third kappa shape index (κ3) is 5.28. The van der Waals surface area contributed by atoms with E-state index in [0.717, 1.165) is 17.2 Å². The Morgan fingerprint density at radius 3 is 2.39 bits per heavy atom. The number of nitrogens with one attached hydrogen (secondary N) is 1. The van der Waals surface area contributed by atoms with E-state index >= 15 is 0 Å². The number of ether oxygens (including phenoxy) is 2. The van der Waals surface area contributed by atoms with E-state index in [-0.39, 0.29) is 0 Å². The van der Waals surface area contributed by atoms with Gasteiger partial charge in [0, 0.05) is 12.7 Å². The van der Waals surface area contributed by atoms with E-state index in [9.17, 15) is 4.79 Å². The second kappa shape index (κ2) is 10.4. The standard InChI is InChI=1S/C27H31N3O3/c1-30(22-12-9-20(10-13-22)19-7-5-4-6-8-19)26-16-11-21(18-28-26)29-25-15-14-23(32-2)17-24(25)27(31)33-3/h9-19,29H,4-8H2,1-3H3. The van der Waals surface area contributed by atoms with Crippen LogP contribution in [0.4, 0.5) is 22.9 Å². The van der Waals surface area contributed by atoms with Gasteiger partial charge in [-0.15, -0.1) is 0 Å². The second-order valence-electron chi connectivity index (χ2n) is 8.42. The Hall–Kier alpha value is -3.54. The van der Waals surface area contributed by atoms with Gasteiger partial charge in [0.25, 0.3) is 0 Å². The van der Waals surface area contributed by atoms with Crippen LogP contribution >= 0.6 is 0 Å². The van der Waals surface area contributed by atoms with Crippen molar-refractivity contribution in [1.29, 1.82) is 0 Å². The van der Waals surface area contributed by atoms with Crippen LogP contribution in [0.1, 0.15) is 53.9 Å². The molecule has 0 amide bonds. The molecule has 0 bridgehead atoms. The first-order valence-electron chi connectivity index (χ1n) is 11.4. The summed E-state index contributed by atoms with van der Waals surface area (Å²) in [4.78, 5) is 18.9. The Bertz CT molecular complexity index is 1070. The van der Waals surface area contributed by atoms with E-state index in [1.54, 1.807) is 31.5 Å². The zero-order valence-corrected chi connectivity index (χ0v) is 19.5. The van der Waals surface area contributed by atoms with Crippen LogP contribution in [-0.4, -0.2) is 32.2 Å². The highest BCUT2D eigenvalue weighted by atomic mass is 16.5. The first-order valence-corrected chi connectivity index (χ1v) is 11.4. The van der Waals surface area contributed by atoms with Crippen LogP contribution in [0.2, 0.25) is 0 Å². The van der Waals surface area contributed by atoms with Gasteiger partial charge in [-0.25, -0.2) is 9.78 Å². The van der Waals surface area contributed by atoms with Crippen molar-refractivity contribution in [1.82, 2.24) is 4.98 Å². The molecule has 4 rings (SSSR count). The molecule has 6 nitrogen and oxygen atoms in total. The van der Waals surface area contributed by atoms with Crippen molar-refractivity contribution in [3.05, 3.63) is 71.9 Å². The minimum Gasteiger partial charge on any atom is -0.497 e. The smallest absolute Gasteiger partial charge is 0.340 e. The normalized spacial score (nSPS) is 13.9. The highest BCUT2D eigenvalue weighted by Crippen LogP contribution is 2.34. The zero-order chi connectivity index (χ0) is 23.2. The highest BCUT2D eigenvalue weighted by molar-refractivity contribution is 5.97. The quantitative estimate of drug-likeness (QED) is 0.423. The van der Waals surface area contributed by atoms with Crippen LogP contribution < -0.4 is 15.0 Å². The Balaban J connectivity index is 1.46. The molecule has 3 aromatic rings. The van der Waals surface area contributed by atoms with Gasteiger partial charge in [-0.2, -0.15) is 0 Å². The lowest BCUT2D eigenvalue weighted by molar-refractivity contribution is 0.0601. The summed E-state index contributed by atoms with van der Waals surface area (Å²) in [7, 11) is 4.94. The van der Waals surface area contributed by atoms with Gasteiger partial charge in [-0.3, -0.25) is 0 Å². The molecule has 33 heavy (non-hydrogen) atoms. The van der Waals surface area contributed by atoms with Crippen LogP contribution in [-0.2, 0) is 4.74 Å². The summed E-state index contributed by atoms with van der Waals surface area (Å²) in [5.41, 5.74) is 4.35. The number of carbonyl (C=O) groups is 1. The average molecular weight is 446 g/mol. The summed E-state index contributed by atoms with van der Waals surface area (Å²) >= 11 is 0. The topological polar surface area (TPSA) is 63.7 Å². The van der Waals surface area contributed by atoms with Crippen LogP contribution in [0.25, 0.3) is 0 Å². The molecule has 1 aliphatic rings. The molecule has 0 aliphatic heterocycles. The fraction of sp³-hybridized carbons (Fsp3) is 0.333. The average Bonchev–Trinajstić information content (AvgIpc) is 2.89. The highest BCUT2D eigenvalue weighted by Gasteiger charge is 2.16. The summed E-state index contributed by atoms with van der Waals surface area (Å²) in [6, 6.07) is 18.0. The predicted molar refractivity (Wildman–Crippen MR) is 132 cm³/mol. The molecule has 1 N–H and O–H groups in total. The van der Waals surface area contributed by atoms with E-state index in [2.05, 4.69) is 39.5 Å². The van der Waals surface area contributed by atoms with Crippen LogP contribution in [0.3, 0.4) is 0 Å². The fourth-order valence-electron chi connectivity index (χ4n) is 4.39. The number of carbonyl (C=O) groups excluding carboxylic acids is 1. The third-order valence-corrected chi connectivity index (χ3v) is 6.36. The number of hydrogen-bond donors (Lipinski definition) is 1. The van der Waals surface area contributed by atoms with E-state index in [0.29, 0.717) is 22.9 Å². The number of benzene rings is 2. The van der Waals surface area contributed by atoms with Gasteiger partial charge in [0.15, 0.2) is 0 Å². The number of methoxy groups -OCH3 is 2. The molecule has 172 valence electrons. The molecule has 1 aliphatic carbocycles. The second-order valence-corrected chi connectivity index (χ2v) is 8.42. The maximum absolute atomic E-state index is 12.2. The number of anilines is 4. The van der Waals surface area contributed by atoms with Gasteiger partial charge in [0.1, 0.15) is 11.6 Å². The minimum absolute atomic E-state index is 0.399. The molecule has 2 aromatic carbocycles. The molecule has 0 spiro atoms. The molecule has 1 saturated carbocycles. The van der Waals surface area contributed by atoms with E-state index in [1.165, 1.54) is 44.8 Å². The molecule has 0 saturated heterocycles. The third-order valence-electron chi connectivity index (χ3n) is 6.36. The summed E-state index contributed by atoms with van der Waals surface area (Å²) in [6.07, 6.45) is 8.42. The maximum atomic E-state index is 12.2. The van der Waals surface area contributed by atoms with Gasteiger partial charge in [-0.05, 0) is 66.8 Å². The van der Waals surface area contributed by atoms with Crippen molar-refractivity contribution in [2.45, 2.75) is 38.0 Å². The van der Waals surface area contributed by atoms with Crippen molar-refractivity contribution in [3.63, 3.8) is 0 Å². The number of esters is 1. The molecular formula is C27H31N3O3. The Morgan fingerprint density at radius 2 is 1.76 bits per heavy atom. The molecular weight excluding hydrogens is 414 g/mol. The molecule has 1 heterocycles. The molecule has 1 aromatic heterocycles. The Labute approximate surface area is 195 Å². The van der Waals surface area contributed by atoms with E-state index in [1.807, 2.05) is 19.2 Å². The zero-order valence-electron chi connectivity index (χ0n) is 19.5. The van der Waals surface area contributed by atoms with Gasteiger partial charge in [-0.1, -0.05) is 31.4 Å². The SMILES string of the molecule is COC(=O)c1cc(OC)ccc1Nc1ccc(N(C)c2ccc(C3CCCCC3)cc2)nc1. The molecule has 0 radical (unpaired) electrons. The van der Waals surface area contributed by atoms with Gasteiger partial charge in [0.05, 0.1) is 37.4 Å². The first kappa shape index (κ1) is 22.6. The van der Waals surface area contributed by atoms with Crippen molar-refractivity contribution in [2.75, 3.05) is 31.5 Å². The van der Waals surface area contributed by atoms with E-state index < -0.39 is 5.97 Å². The Kier molecular flexibility index (Phi) is 7.13. The molecule has 1 fully saturated rings. The lowest BCUT2D eigenvalue weighted by atomic mass is 9.84. The summed E-state index contributed by atoms with van der Waals surface area (Å²) in [5.74, 6) is 1.70. The van der Waals surface area contributed by atoms with Crippen molar-refractivity contribution >= 4 is 28.8 Å². The summed E-state index contributed by atoms with van der Waals surface area (Å²) in [5, 5.41) is 3.25. The van der Waals surface area contributed by atoms with Crippen molar-refractivity contribution in [3.8, 4) is 5.75 Å². The van der Waals surface area contributed by atoms with Crippen LogP contribution in [0.15, 0.2) is 60.8 Å². The van der Waals surface area contributed by atoms with Gasteiger partial charge in [0.2, 0.25) is 0 Å².